The molecule has 1 aromatic rings. The van der Waals surface area contributed by atoms with Crippen LogP contribution in [0.4, 0.5) is 0 Å². The van der Waals surface area contributed by atoms with Crippen LogP contribution in [0.1, 0.15) is 38.1 Å². The summed E-state index contributed by atoms with van der Waals surface area (Å²) < 4.78 is 11.2. The van der Waals surface area contributed by atoms with E-state index in [2.05, 4.69) is 0 Å². The van der Waals surface area contributed by atoms with E-state index in [0.29, 0.717) is 11.3 Å². The molecule has 1 rings (SSSR count). The second kappa shape index (κ2) is 5.12. The van der Waals surface area contributed by atoms with Crippen LogP contribution >= 0.6 is 0 Å². The molecule has 0 aliphatic carbocycles. The molecule has 1 unspecified atom stereocenters. The molecule has 0 aliphatic heterocycles. The fourth-order valence-electron chi connectivity index (χ4n) is 1.34. The molecule has 88 valence electrons. The van der Waals surface area contributed by atoms with Crippen molar-refractivity contribution in [3.63, 3.8) is 0 Å². The van der Waals surface area contributed by atoms with Crippen molar-refractivity contribution in [1.29, 1.82) is 0 Å². The lowest BCUT2D eigenvalue weighted by molar-refractivity contribution is -0.140. The van der Waals surface area contributed by atoms with E-state index in [-0.39, 0.29) is 11.9 Å². The Morgan fingerprint density at radius 2 is 1.75 bits per heavy atom. The van der Waals surface area contributed by atoms with Gasteiger partial charge in [-0.05, 0) is 52.0 Å². The molecule has 0 heterocycles. The van der Waals surface area contributed by atoms with E-state index in [4.69, 9.17) is 9.47 Å². The molecule has 0 spiro atoms. The summed E-state index contributed by atoms with van der Waals surface area (Å²) in [6, 6.07) is 6.94. The van der Waals surface area contributed by atoms with Crippen molar-refractivity contribution in [3.05, 3.63) is 29.8 Å². The molecular formula is C13H18O3. The average Bonchev–Trinajstić information content (AvgIpc) is 2.16. The van der Waals surface area contributed by atoms with Gasteiger partial charge in [0.15, 0.2) is 6.29 Å². The number of aldehydes is 1. The maximum atomic E-state index is 10.5. The Morgan fingerprint density at radius 3 is 2.19 bits per heavy atom. The van der Waals surface area contributed by atoms with Crippen LogP contribution in [0.5, 0.6) is 5.75 Å². The van der Waals surface area contributed by atoms with Gasteiger partial charge in [-0.15, -0.1) is 0 Å². The molecule has 3 nitrogen and oxygen atoms in total. The minimum absolute atomic E-state index is 0.234. The van der Waals surface area contributed by atoms with Gasteiger partial charge in [0.2, 0.25) is 0 Å². The smallest absolute Gasteiger partial charge is 0.197 e. The van der Waals surface area contributed by atoms with Gasteiger partial charge in [0, 0.05) is 5.56 Å². The summed E-state index contributed by atoms with van der Waals surface area (Å²) in [5.41, 5.74) is 0.402. The Morgan fingerprint density at radius 1 is 1.19 bits per heavy atom. The molecule has 0 N–H and O–H groups in total. The van der Waals surface area contributed by atoms with E-state index in [1.54, 1.807) is 24.3 Å². The number of hydrogen-bond acceptors (Lipinski definition) is 3. The predicted octanol–water partition coefficient (Wildman–Crippen LogP) is 3.04. The minimum atomic E-state index is -0.318. The van der Waals surface area contributed by atoms with E-state index >= 15 is 0 Å². The molecule has 1 aromatic carbocycles. The van der Waals surface area contributed by atoms with Gasteiger partial charge in [-0.1, -0.05) is 0 Å². The lowest BCUT2D eigenvalue weighted by Gasteiger charge is -2.25. The highest BCUT2D eigenvalue weighted by molar-refractivity contribution is 5.74. The van der Waals surface area contributed by atoms with Crippen LogP contribution < -0.4 is 4.74 Å². The van der Waals surface area contributed by atoms with Crippen LogP contribution in [-0.4, -0.2) is 18.2 Å². The van der Waals surface area contributed by atoms with Crippen molar-refractivity contribution >= 4 is 6.29 Å². The van der Waals surface area contributed by atoms with Gasteiger partial charge in [-0.2, -0.15) is 0 Å². The van der Waals surface area contributed by atoms with E-state index < -0.39 is 0 Å². The van der Waals surface area contributed by atoms with Gasteiger partial charge in [0.05, 0.1) is 5.60 Å². The molecule has 0 saturated heterocycles. The van der Waals surface area contributed by atoms with Crippen molar-refractivity contribution in [2.45, 2.75) is 39.6 Å². The normalized spacial score (nSPS) is 13.2. The zero-order valence-corrected chi connectivity index (χ0v) is 10.2. The first kappa shape index (κ1) is 12.7. The second-order valence-corrected chi connectivity index (χ2v) is 4.60. The van der Waals surface area contributed by atoms with Crippen molar-refractivity contribution in [2.24, 2.45) is 0 Å². The van der Waals surface area contributed by atoms with Crippen LogP contribution in [0.2, 0.25) is 0 Å². The van der Waals surface area contributed by atoms with Crippen molar-refractivity contribution in [1.82, 2.24) is 0 Å². The van der Waals surface area contributed by atoms with Crippen molar-refractivity contribution < 1.29 is 14.3 Å². The molecule has 0 aromatic heterocycles. The molecule has 1 atom stereocenters. The minimum Gasteiger partial charge on any atom is -0.465 e. The summed E-state index contributed by atoms with van der Waals surface area (Å²) >= 11 is 0. The Labute approximate surface area is 96.4 Å². The number of rotatable bonds is 4. The summed E-state index contributed by atoms with van der Waals surface area (Å²) in [6.45, 7) is 7.77. The Balaban J connectivity index is 2.56. The molecule has 0 bridgehead atoms. The topological polar surface area (TPSA) is 35.5 Å². The number of carbonyl (C=O) groups excluding carboxylic acids is 1. The predicted molar refractivity (Wildman–Crippen MR) is 62.8 cm³/mol. The van der Waals surface area contributed by atoms with E-state index in [1.165, 1.54) is 0 Å². The quantitative estimate of drug-likeness (QED) is 0.580. The third-order valence-electron chi connectivity index (χ3n) is 1.84. The first-order valence-corrected chi connectivity index (χ1v) is 5.30. The molecule has 16 heavy (non-hydrogen) atoms. The highest BCUT2D eigenvalue weighted by Gasteiger charge is 2.15. The number of hydrogen-bond donors (Lipinski definition) is 0. The highest BCUT2D eigenvalue weighted by atomic mass is 16.7. The Bertz CT molecular complexity index is 335. The Hall–Kier alpha value is -1.35. The average molecular weight is 222 g/mol. The third-order valence-corrected chi connectivity index (χ3v) is 1.84. The summed E-state index contributed by atoms with van der Waals surface area (Å²) in [5, 5.41) is 0. The lowest BCUT2D eigenvalue weighted by Crippen LogP contribution is -2.29. The summed E-state index contributed by atoms with van der Waals surface area (Å²) in [6.07, 6.45) is 0.487. The monoisotopic (exact) mass is 222 g/mol. The van der Waals surface area contributed by atoms with Crippen molar-refractivity contribution in [3.8, 4) is 5.75 Å². The van der Waals surface area contributed by atoms with Crippen molar-refractivity contribution in [2.75, 3.05) is 0 Å². The molecule has 0 saturated carbocycles. The van der Waals surface area contributed by atoms with Gasteiger partial charge in [-0.25, -0.2) is 0 Å². The van der Waals surface area contributed by atoms with Crippen LogP contribution in [0, 0.1) is 0 Å². The Kier molecular flexibility index (Phi) is 4.07. The maximum Gasteiger partial charge on any atom is 0.197 e. The first-order chi connectivity index (χ1) is 7.40. The molecular weight excluding hydrogens is 204 g/mol. The van der Waals surface area contributed by atoms with Gasteiger partial charge in [0.25, 0.3) is 0 Å². The summed E-state index contributed by atoms with van der Waals surface area (Å²) in [5.74, 6) is 0.697. The van der Waals surface area contributed by atoms with Crippen LogP contribution in [0.25, 0.3) is 0 Å². The number of benzene rings is 1. The molecule has 0 fully saturated rings. The SMILES string of the molecule is CC(Oc1ccc(C=O)cc1)OC(C)(C)C. The molecule has 0 amide bonds. The second-order valence-electron chi connectivity index (χ2n) is 4.60. The van der Waals surface area contributed by atoms with Gasteiger partial charge < -0.3 is 9.47 Å². The van der Waals surface area contributed by atoms with E-state index in [9.17, 15) is 4.79 Å². The van der Waals surface area contributed by atoms with Gasteiger partial charge >= 0.3 is 0 Å². The van der Waals surface area contributed by atoms with Crippen LogP contribution in [0.15, 0.2) is 24.3 Å². The summed E-state index contributed by atoms with van der Waals surface area (Å²) in [7, 11) is 0. The zero-order valence-electron chi connectivity index (χ0n) is 10.2. The molecule has 0 radical (unpaired) electrons. The number of carbonyl (C=O) groups is 1. The van der Waals surface area contributed by atoms with Gasteiger partial charge in [-0.3, -0.25) is 4.79 Å². The first-order valence-electron chi connectivity index (χ1n) is 5.30. The standard InChI is InChI=1S/C13H18O3/c1-10(16-13(2,3)4)15-12-7-5-11(9-14)6-8-12/h5-10H,1-4H3. The summed E-state index contributed by atoms with van der Waals surface area (Å²) in [4.78, 5) is 10.5. The van der Waals surface area contributed by atoms with E-state index in [0.717, 1.165) is 6.29 Å². The fourth-order valence-corrected chi connectivity index (χ4v) is 1.34. The largest absolute Gasteiger partial charge is 0.465 e. The lowest BCUT2D eigenvalue weighted by atomic mass is 10.2. The number of ether oxygens (including phenoxy) is 2. The molecule has 3 heteroatoms. The highest BCUT2D eigenvalue weighted by Crippen LogP contribution is 2.16. The zero-order chi connectivity index (χ0) is 12.2. The third kappa shape index (κ3) is 4.45. The maximum absolute atomic E-state index is 10.5. The van der Waals surface area contributed by atoms with Crippen LogP contribution in [-0.2, 0) is 4.74 Å². The molecule has 0 aliphatic rings. The van der Waals surface area contributed by atoms with E-state index in [1.807, 2.05) is 27.7 Å². The van der Waals surface area contributed by atoms with Crippen LogP contribution in [0.3, 0.4) is 0 Å². The fraction of sp³-hybridized carbons (Fsp3) is 0.462. The van der Waals surface area contributed by atoms with Gasteiger partial charge in [0.1, 0.15) is 12.0 Å².